The molecule has 29 heavy (non-hydrogen) atoms. The van der Waals surface area contributed by atoms with Crippen LogP contribution in [0.4, 0.5) is 17.2 Å². The van der Waals surface area contributed by atoms with E-state index in [0.29, 0.717) is 11.4 Å². The molecule has 4 rings (SSSR count). The van der Waals surface area contributed by atoms with E-state index in [1.807, 2.05) is 12.1 Å². The Labute approximate surface area is 168 Å². The van der Waals surface area contributed by atoms with Gasteiger partial charge >= 0.3 is 0 Å². The van der Waals surface area contributed by atoms with Gasteiger partial charge in [0.05, 0.1) is 0 Å². The van der Waals surface area contributed by atoms with Crippen LogP contribution in [0.5, 0.6) is 0 Å². The van der Waals surface area contributed by atoms with Crippen molar-refractivity contribution < 1.29 is 9.59 Å². The molecule has 2 heterocycles. The van der Waals surface area contributed by atoms with Gasteiger partial charge in [-0.05, 0) is 47.9 Å². The number of amides is 2. The maximum absolute atomic E-state index is 12.5. The standard InChI is InChI=1S/C22H21N5O2/c1-15(28)23-18-7-4-8-19(13-18)24-22(29)20-9-10-21(26-25-20)27-12-11-16-5-2-3-6-17(16)14-27/h2-10,13H,11-12,14H2,1H3,(H,23,28)(H,24,29). The summed E-state index contributed by atoms with van der Waals surface area (Å²) in [6.45, 7) is 3.09. The van der Waals surface area contributed by atoms with Gasteiger partial charge in [0, 0.05) is 31.4 Å². The van der Waals surface area contributed by atoms with Gasteiger partial charge < -0.3 is 15.5 Å². The molecule has 0 atom stereocenters. The van der Waals surface area contributed by atoms with Crippen molar-refractivity contribution in [1.29, 1.82) is 0 Å². The van der Waals surface area contributed by atoms with E-state index < -0.39 is 0 Å². The van der Waals surface area contributed by atoms with Crippen molar-refractivity contribution in [2.24, 2.45) is 0 Å². The van der Waals surface area contributed by atoms with Crippen LogP contribution in [0.2, 0.25) is 0 Å². The fraction of sp³-hybridized carbons (Fsp3) is 0.182. The number of fused-ring (bicyclic) bond motifs is 1. The minimum atomic E-state index is -0.354. The highest BCUT2D eigenvalue weighted by molar-refractivity contribution is 6.03. The molecule has 0 bridgehead atoms. The van der Waals surface area contributed by atoms with Crippen LogP contribution in [0.3, 0.4) is 0 Å². The van der Waals surface area contributed by atoms with E-state index in [1.165, 1.54) is 18.1 Å². The molecule has 1 aromatic heterocycles. The third-order valence-corrected chi connectivity index (χ3v) is 4.78. The summed E-state index contributed by atoms with van der Waals surface area (Å²) >= 11 is 0. The first kappa shape index (κ1) is 18.6. The Morgan fingerprint density at radius 3 is 2.38 bits per heavy atom. The van der Waals surface area contributed by atoms with Gasteiger partial charge in [-0.2, -0.15) is 0 Å². The molecule has 0 saturated heterocycles. The van der Waals surface area contributed by atoms with Crippen LogP contribution in [-0.2, 0) is 17.8 Å². The predicted octanol–water partition coefficient (Wildman–Crippen LogP) is 3.25. The fourth-order valence-corrected chi connectivity index (χ4v) is 3.38. The number of carbonyl (C=O) groups excluding carboxylic acids is 2. The average Bonchev–Trinajstić information content (AvgIpc) is 2.73. The van der Waals surface area contributed by atoms with E-state index >= 15 is 0 Å². The summed E-state index contributed by atoms with van der Waals surface area (Å²) in [6.07, 6.45) is 0.963. The highest BCUT2D eigenvalue weighted by atomic mass is 16.2. The van der Waals surface area contributed by atoms with Crippen molar-refractivity contribution in [3.05, 3.63) is 77.5 Å². The molecular formula is C22H21N5O2. The molecular weight excluding hydrogens is 366 g/mol. The van der Waals surface area contributed by atoms with Crippen LogP contribution < -0.4 is 15.5 Å². The molecule has 7 nitrogen and oxygen atoms in total. The summed E-state index contributed by atoms with van der Waals surface area (Å²) in [5.41, 5.74) is 4.08. The number of rotatable bonds is 4. The molecule has 0 saturated carbocycles. The molecule has 2 amide bonds. The van der Waals surface area contributed by atoms with Gasteiger partial charge in [0.25, 0.3) is 5.91 Å². The molecule has 0 spiro atoms. The Kier molecular flexibility index (Phi) is 5.20. The van der Waals surface area contributed by atoms with Crippen LogP contribution in [0.25, 0.3) is 0 Å². The highest BCUT2D eigenvalue weighted by Crippen LogP contribution is 2.22. The molecule has 146 valence electrons. The molecule has 0 aliphatic carbocycles. The van der Waals surface area contributed by atoms with E-state index in [1.54, 1.807) is 30.3 Å². The minimum Gasteiger partial charge on any atom is -0.350 e. The summed E-state index contributed by atoms with van der Waals surface area (Å²) in [4.78, 5) is 25.8. The lowest BCUT2D eigenvalue weighted by atomic mass is 10.00. The first-order valence-electron chi connectivity index (χ1n) is 9.43. The van der Waals surface area contributed by atoms with Crippen molar-refractivity contribution in [3.63, 3.8) is 0 Å². The second kappa shape index (κ2) is 8.10. The molecule has 0 unspecified atom stereocenters. The second-order valence-corrected chi connectivity index (χ2v) is 6.93. The largest absolute Gasteiger partial charge is 0.350 e. The number of anilines is 3. The Morgan fingerprint density at radius 1 is 0.897 bits per heavy atom. The number of carbonyl (C=O) groups is 2. The van der Waals surface area contributed by atoms with Crippen LogP contribution in [0.1, 0.15) is 28.5 Å². The van der Waals surface area contributed by atoms with Gasteiger partial charge in [-0.3, -0.25) is 9.59 Å². The number of nitrogens with one attached hydrogen (secondary N) is 2. The quantitative estimate of drug-likeness (QED) is 0.718. The van der Waals surface area contributed by atoms with Crippen molar-refractivity contribution in [1.82, 2.24) is 10.2 Å². The number of benzene rings is 2. The lowest BCUT2D eigenvalue weighted by Crippen LogP contribution is -2.31. The smallest absolute Gasteiger partial charge is 0.276 e. The van der Waals surface area contributed by atoms with Gasteiger partial charge in [0.1, 0.15) is 0 Å². The maximum atomic E-state index is 12.5. The predicted molar refractivity (Wildman–Crippen MR) is 112 cm³/mol. The zero-order valence-electron chi connectivity index (χ0n) is 16.1. The van der Waals surface area contributed by atoms with Crippen molar-refractivity contribution >= 4 is 29.0 Å². The molecule has 1 aliphatic rings. The number of nitrogens with zero attached hydrogens (tertiary/aromatic N) is 3. The summed E-state index contributed by atoms with van der Waals surface area (Å²) < 4.78 is 0. The zero-order valence-corrected chi connectivity index (χ0v) is 16.1. The molecule has 2 N–H and O–H groups in total. The third kappa shape index (κ3) is 4.40. The Morgan fingerprint density at radius 2 is 1.66 bits per heavy atom. The van der Waals surface area contributed by atoms with Gasteiger partial charge in [0.15, 0.2) is 11.5 Å². The Hall–Kier alpha value is -3.74. The Balaban J connectivity index is 1.43. The normalized spacial score (nSPS) is 12.8. The minimum absolute atomic E-state index is 0.171. The second-order valence-electron chi connectivity index (χ2n) is 6.93. The van der Waals surface area contributed by atoms with E-state index in [-0.39, 0.29) is 17.5 Å². The van der Waals surface area contributed by atoms with Crippen LogP contribution in [-0.4, -0.2) is 28.6 Å². The summed E-state index contributed by atoms with van der Waals surface area (Å²) in [7, 11) is 0. The van der Waals surface area contributed by atoms with Crippen molar-refractivity contribution in [3.8, 4) is 0 Å². The lowest BCUT2D eigenvalue weighted by molar-refractivity contribution is -0.114. The summed E-state index contributed by atoms with van der Waals surface area (Å²) in [5.74, 6) is 0.229. The SMILES string of the molecule is CC(=O)Nc1cccc(NC(=O)c2ccc(N3CCc4ccccc4C3)nn2)c1. The number of aromatic nitrogens is 2. The highest BCUT2D eigenvalue weighted by Gasteiger charge is 2.18. The van der Waals surface area contributed by atoms with Crippen LogP contribution in [0, 0.1) is 0 Å². The van der Waals surface area contributed by atoms with E-state index in [9.17, 15) is 9.59 Å². The monoisotopic (exact) mass is 387 g/mol. The van der Waals surface area contributed by atoms with Gasteiger partial charge in [-0.1, -0.05) is 30.3 Å². The average molecular weight is 387 g/mol. The summed E-state index contributed by atoms with van der Waals surface area (Å²) in [6, 6.07) is 18.8. The Bertz CT molecular complexity index is 1050. The number of hydrogen-bond donors (Lipinski definition) is 2. The lowest BCUT2D eigenvalue weighted by Gasteiger charge is -2.29. The first-order chi connectivity index (χ1) is 14.1. The molecule has 0 radical (unpaired) electrons. The van der Waals surface area contributed by atoms with Crippen LogP contribution >= 0.6 is 0 Å². The molecule has 7 heteroatoms. The van der Waals surface area contributed by atoms with E-state index in [0.717, 1.165) is 25.3 Å². The molecule has 3 aromatic rings. The third-order valence-electron chi connectivity index (χ3n) is 4.78. The van der Waals surface area contributed by atoms with Crippen molar-refractivity contribution in [2.45, 2.75) is 19.9 Å². The first-order valence-corrected chi connectivity index (χ1v) is 9.43. The number of hydrogen-bond acceptors (Lipinski definition) is 5. The zero-order chi connectivity index (χ0) is 20.2. The molecule has 1 aliphatic heterocycles. The molecule has 0 fully saturated rings. The van der Waals surface area contributed by atoms with E-state index in [2.05, 4.69) is 43.9 Å². The summed E-state index contributed by atoms with van der Waals surface area (Å²) in [5, 5.41) is 13.8. The van der Waals surface area contributed by atoms with E-state index in [4.69, 9.17) is 0 Å². The van der Waals surface area contributed by atoms with Gasteiger partial charge in [-0.15, -0.1) is 10.2 Å². The fourth-order valence-electron chi connectivity index (χ4n) is 3.38. The van der Waals surface area contributed by atoms with Gasteiger partial charge in [0.2, 0.25) is 5.91 Å². The van der Waals surface area contributed by atoms with Crippen molar-refractivity contribution in [2.75, 3.05) is 22.1 Å². The maximum Gasteiger partial charge on any atom is 0.276 e. The topological polar surface area (TPSA) is 87.2 Å². The van der Waals surface area contributed by atoms with Crippen LogP contribution in [0.15, 0.2) is 60.7 Å². The molecule has 2 aromatic carbocycles. The van der Waals surface area contributed by atoms with Gasteiger partial charge in [-0.25, -0.2) is 0 Å².